The molecule has 0 radical (unpaired) electrons. The van der Waals surface area contributed by atoms with Gasteiger partial charge in [0.2, 0.25) is 0 Å². The fourth-order valence-electron chi connectivity index (χ4n) is 1.64. The van der Waals surface area contributed by atoms with Gasteiger partial charge in [-0.15, -0.1) is 0 Å². The zero-order valence-corrected chi connectivity index (χ0v) is 17.0. The third kappa shape index (κ3) is 12.4. The third-order valence-electron chi connectivity index (χ3n) is 3.65. The van der Waals surface area contributed by atoms with E-state index < -0.39 is 27.9 Å². The van der Waals surface area contributed by atoms with E-state index >= 15 is 0 Å². The molecule has 26 heavy (non-hydrogen) atoms. The molecule has 0 aliphatic heterocycles. The molecule has 0 rings (SSSR count). The van der Waals surface area contributed by atoms with E-state index in [1.807, 2.05) is 27.7 Å². The van der Waals surface area contributed by atoms with Crippen LogP contribution in [-0.2, 0) is 24.4 Å². The number of methoxy groups -OCH3 is 1. The first kappa shape index (κ1) is 25.0. The van der Waals surface area contributed by atoms with Gasteiger partial charge in [-0.1, -0.05) is 0 Å². The molecule has 0 aromatic heterocycles. The van der Waals surface area contributed by atoms with E-state index in [0.717, 1.165) is 0 Å². The third-order valence-corrected chi connectivity index (χ3v) is 4.67. The lowest BCUT2D eigenvalue weighted by Gasteiger charge is -2.29. The van der Waals surface area contributed by atoms with Crippen LogP contribution >= 0.6 is 0 Å². The Labute approximate surface area is 155 Å². The van der Waals surface area contributed by atoms with Crippen molar-refractivity contribution in [3.8, 4) is 0 Å². The number of nitrogens with two attached hydrogens (primary N) is 1. The Morgan fingerprint density at radius 2 is 1.81 bits per heavy atom. The molecule has 0 saturated heterocycles. The SMILES string of the molecule is COC(C)(C)CCOC(C)(C)CCNS(=O)(=O)NC(=O)OC[C@@H](N)CO. The maximum atomic E-state index is 11.8. The number of carbonyl (C=O) groups is 1. The van der Waals surface area contributed by atoms with Crippen LogP contribution in [0.2, 0.25) is 0 Å². The quantitative estimate of drug-likeness (QED) is 0.334. The van der Waals surface area contributed by atoms with Crippen LogP contribution < -0.4 is 15.2 Å². The van der Waals surface area contributed by atoms with Crippen LogP contribution in [0.4, 0.5) is 4.79 Å². The van der Waals surface area contributed by atoms with Crippen LogP contribution in [0.5, 0.6) is 0 Å². The molecule has 0 heterocycles. The summed E-state index contributed by atoms with van der Waals surface area (Å²) in [4.78, 5) is 11.4. The van der Waals surface area contributed by atoms with Gasteiger partial charge >= 0.3 is 16.3 Å². The molecule has 0 aliphatic rings. The van der Waals surface area contributed by atoms with E-state index in [2.05, 4.69) is 9.46 Å². The minimum Gasteiger partial charge on any atom is -0.447 e. The molecule has 11 heteroatoms. The number of hydrogen-bond acceptors (Lipinski definition) is 8. The molecule has 0 unspecified atom stereocenters. The highest BCUT2D eigenvalue weighted by atomic mass is 32.2. The molecule has 0 bridgehead atoms. The Morgan fingerprint density at radius 1 is 1.19 bits per heavy atom. The normalized spacial score (nSPS) is 14.1. The summed E-state index contributed by atoms with van der Waals surface area (Å²) in [6.45, 7) is 7.46. The average Bonchev–Trinajstić information content (AvgIpc) is 2.51. The minimum atomic E-state index is -4.06. The van der Waals surface area contributed by atoms with Gasteiger partial charge in [0.1, 0.15) is 6.61 Å². The van der Waals surface area contributed by atoms with E-state index in [1.54, 1.807) is 11.8 Å². The summed E-state index contributed by atoms with van der Waals surface area (Å²) in [6.07, 6.45) is -0.0768. The first-order valence-electron chi connectivity index (χ1n) is 8.32. The molecule has 0 fully saturated rings. The Bertz CT molecular complexity index is 523. The van der Waals surface area contributed by atoms with Crippen molar-refractivity contribution in [2.24, 2.45) is 5.73 Å². The number of nitrogens with one attached hydrogen (secondary N) is 2. The predicted octanol–water partition coefficient (Wildman–Crippen LogP) is -0.133. The molecule has 5 N–H and O–H groups in total. The summed E-state index contributed by atoms with van der Waals surface area (Å²) < 4.78 is 43.1. The number of carbonyl (C=O) groups excluding carboxylic acids is 1. The Morgan fingerprint density at radius 3 is 2.35 bits per heavy atom. The Hall–Kier alpha value is -0.980. The second-order valence-electron chi connectivity index (χ2n) is 7.11. The van der Waals surface area contributed by atoms with Crippen molar-refractivity contribution in [1.29, 1.82) is 0 Å². The molecule has 0 aliphatic carbocycles. The van der Waals surface area contributed by atoms with E-state index in [-0.39, 0.29) is 25.4 Å². The van der Waals surface area contributed by atoms with E-state index in [9.17, 15) is 13.2 Å². The van der Waals surface area contributed by atoms with Crippen molar-refractivity contribution < 1.29 is 32.5 Å². The van der Waals surface area contributed by atoms with Gasteiger partial charge in [0.15, 0.2) is 0 Å². The maximum absolute atomic E-state index is 11.8. The first-order chi connectivity index (χ1) is 11.8. The van der Waals surface area contributed by atoms with Gasteiger partial charge in [-0.05, 0) is 40.5 Å². The molecule has 156 valence electrons. The monoisotopic (exact) mass is 399 g/mol. The fourth-order valence-corrected chi connectivity index (χ4v) is 2.37. The maximum Gasteiger partial charge on any atom is 0.421 e. The molecule has 0 spiro atoms. The zero-order chi connectivity index (χ0) is 20.4. The molecule has 1 atom stereocenters. The summed E-state index contributed by atoms with van der Waals surface area (Å²) in [5.41, 5.74) is 4.50. The van der Waals surface area contributed by atoms with Crippen molar-refractivity contribution in [3.63, 3.8) is 0 Å². The first-order valence-corrected chi connectivity index (χ1v) is 9.80. The highest BCUT2D eigenvalue weighted by molar-refractivity contribution is 7.88. The lowest BCUT2D eigenvalue weighted by Crippen LogP contribution is -2.43. The van der Waals surface area contributed by atoms with Gasteiger partial charge in [-0.3, -0.25) is 0 Å². The molecular weight excluding hydrogens is 366 g/mol. The van der Waals surface area contributed by atoms with Crippen LogP contribution in [-0.4, -0.2) is 70.3 Å². The van der Waals surface area contributed by atoms with E-state index in [4.69, 9.17) is 20.3 Å². The molecule has 10 nitrogen and oxygen atoms in total. The standard InChI is InChI=1S/C15H33N3O7S/c1-14(2,23-5)7-9-25-15(3,4)6-8-17-26(21,22)18-13(20)24-11-12(16)10-19/h12,17,19H,6-11,16H2,1-5H3,(H,18,20)/t12-/m0/s1. The minimum absolute atomic E-state index is 0.0689. The summed E-state index contributed by atoms with van der Waals surface area (Å²) >= 11 is 0. The zero-order valence-electron chi connectivity index (χ0n) is 16.2. The van der Waals surface area contributed by atoms with Gasteiger partial charge in [0.25, 0.3) is 0 Å². The van der Waals surface area contributed by atoms with Crippen molar-refractivity contribution in [2.75, 3.05) is 33.5 Å². The number of ether oxygens (including phenoxy) is 3. The number of rotatable bonds is 13. The van der Waals surface area contributed by atoms with Gasteiger partial charge < -0.3 is 25.1 Å². The molecule has 0 saturated carbocycles. The van der Waals surface area contributed by atoms with Gasteiger partial charge in [-0.2, -0.15) is 13.1 Å². The lowest BCUT2D eigenvalue weighted by atomic mass is 10.0. The second kappa shape index (κ2) is 11.0. The fraction of sp³-hybridized carbons (Fsp3) is 0.933. The summed E-state index contributed by atoms with van der Waals surface area (Å²) in [5, 5.41) is 8.71. The van der Waals surface area contributed by atoms with Crippen LogP contribution in [0.25, 0.3) is 0 Å². The Balaban J connectivity index is 4.20. The van der Waals surface area contributed by atoms with Gasteiger partial charge in [-0.25, -0.2) is 9.52 Å². The van der Waals surface area contributed by atoms with Crippen molar-refractivity contribution in [2.45, 2.75) is 57.8 Å². The second-order valence-corrected chi connectivity index (χ2v) is 8.61. The van der Waals surface area contributed by atoms with E-state index in [0.29, 0.717) is 19.4 Å². The Kier molecular flexibility index (Phi) is 10.6. The van der Waals surface area contributed by atoms with Gasteiger partial charge in [0, 0.05) is 13.7 Å². The number of amides is 1. The van der Waals surface area contributed by atoms with Crippen LogP contribution in [0.1, 0.15) is 40.5 Å². The molecule has 0 aromatic carbocycles. The van der Waals surface area contributed by atoms with Gasteiger partial charge in [0.05, 0.1) is 30.5 Å². The number of aliphatic hydroxyl groups is 1. The summed E-state index contributed by atoms with van der Waals surface area (Å²) in [5.74, 6) is 0. The van der Waals surface area contributed by atoms with Crippen LogP contribution in [0.3, 0.4) is 0 Å². The number of hydrogen-bond donors (Lipinski definition) is 4. The molecular formula is C15H33N3O7S. The molecule has 0 aromatic rings. The topological polar surface area (TPSA) is 149 Å². The largest absolute Gasteiger partial charge is 0.447 e. The van der Waals surface area contributed by atoms with Crippen molar-refractivity contribution in [3.05, 3.63) is 0 Å². The lowest BCUT2D eigenvalue weighted by molar-refractivity contribution is -0.0603. The van der Waals surface area contributed by atoms with E-state index in [1.165, 1.54) is 0 Å². The smallest absolute Gasteiger partial charge is 0.421 e. The highest BCUT2D eigenvalue weighted by Crippen LogP contribution is 2.18. The average molecular weight is 400 g/mol. The van der Waals surface area contributed by atoms with Crippen molar-refractivity contribution >= 4 is 16.3 Å². The predicted molar refractivity (Wildman–Crippen MR) is 96.8 cm³/mol. The summed E-state index contributed by atoms with van der Waals surface area (Å²) in [6, 6.07) is -0.766. The van der Waals surface area contributed by atoms with Crippen LogP contribution in [0, 0.1) is 0 Å². The highest BCUT2D eigenvalue weighted by Gasteiger charge is 2.23. The number of aliphatic hydroxyl groups excluding tert-OH is 1. The summed E-state index contributed by atoms with van der Waals surface area (Å²) in [7, 11) is -2.42. The molecule has 1 amide bonds. The van der Waals surface area contributed by atoms with Crippen LogP contribution in [0.15, 0.2) is 0 Å². The van der Waals surface area contributed by atoms with Crippen molar-refractivity contribution in [1.82, 2.24) is 9.44 Å².